The number of benzene rings is 3. The van der Waals surface area contributed by atoms with Crippen LogP contribution in [0.15, 0.2) is 60.1 Å². The molecule has 5 heterocycles. The number of hydrogen-bond acceptors (Lipinski definition) is 11. The number of unbranched alkanes of at least 4 members (excludes halogenated alkanes) is 5. The predicted octanol–water partition coefficient (Wildman–Crippen LogP) is 8.95. The van der Waals surface area contributed by atoms with E-state index in [1.807, 2.05) is 74.5 Å². The summed E-state index contributed by atoms with van der Waals surface area (Å²) in [6, 6.07) is 18.9. The second-order valence-electron chi connectivity index (χ2n) is 23.8. The first-order valence-corrected chi connectivity index (χ1v) is 29.3. The maximum Gasteiger partial charge on any atom is 0.246 e. The van der Waals surface area contributed by atoms with Gasteiger partial charge in [-0.2, -0.15) is 5.26 Å². The van der Waals surface area contributed by atoms with Gasteiger partial charge >= 0.3 is 0 Å². The lowest BCUT2D eigenvalue weighted by Crippen LogP contribution is -2.57. The molecule has 16 heteroatoms. The van der Waals surface area contributed by atoms with E-state index in [-0.39, 0.29) is 55.3 Å². The van der Waals surface area contributed by atoms with Crippen molar-refractivity contribution in [2.75, 3.05) is 50.7 Å². The number of aliphatic hydroxyl groups is 1. The molecule has 4 aliphatic rings. The third-order valence-corrected chi connectivity index (χ3v) is 18.0. The summed E-state index contributed by atoms with van der Waals surface area (Å²) in [5.41, 5.74) is 11.0. The second kappa shape index (κ2) is 23.9. The summed E-state index contributed by atoms with van der Waals surface area (Å²) in [6.45, 7) is 19.7. The molecule has 0 radical (unpaired) electrons. The number of piperazine rings is 1. The number of aromatic amines is 1. The zero-order chi connectivity index (χ0) is 55.5. The summed E-state index contributed by atoms with van der Waals surface area (Å²) in [6.07, 6.45) is 8.35. The molecule has 4 amide bonds. The average molecular weight is 1080 g/mol. The van der Waals surface area contributed by atoms with Crippen molar-refractivity contribution in [3.8, 4) is 16.5 Å². The van der Waals surface area contributed by atoms with Gasteiger partial charge in [-0.25, -0.2) is 4.98 Å². The van der Waals surface area contributed by atoms with Crippen LogP contribution in [0.25, 0.3) is 21.3 Å². The van der Waals surface area contributed by atoms with Crippen LogP contribution in [0.3, 0.4) is 0 Å². The summed E-state index contributed by atoms with van der Waals surface area (Å²) in [5, 5.41) is 27.0. The van der Waals surface area contributed by atoms with Crippen molar-refractivity contribution in [3.63, 3.8) is 0 Å². The van der Waals surface area contributed by atoms with Crippen molar-refractivity contribution < 1.29 is 29.1 Å². The van der Waals surface area contributed by atoms with E-state index < -0.39 is 29.0 Å². The lowest BCUT2D eigenvalue weighted by Gasteiger charge is -2.44. The molecule has 78 heavy (non-hydrogen) atoms. The Morgan fingerprint density at radius 3 is 2.27 bits per heavy atom. The van der Waals surface area contributed by atoms with Crippen molar-refractivity contribution in [1.29, 1.82) is 5.26 Å². The van der Waals surface area contributed by atoms with Crippen molar-refractivity contribution in [1.82, 2.24) is 35.3 Å². The molecular formula is C62H79N9O6S. The minimum Gasteiger partial charge on any atom is -0.391 e. The average Bonchev–Trinajstić information content (AvgIpc) is 4.32. The van der Waals surface area contributed by atoms with Crippen LogP contribution >= 0.6 is 11.3 Å². The van der Waals surface area contributed by atoms with Crippen LogP contribution in [0, 0.1) is 23.7 Å². The van der Waals surface area contributed by atoms with Crippen molar-refractivity contribution in [3.05, 3.63) is 105 Å². The fourth-order valence-electron chi connectivity index (χ4n) is 12.4. The molecule has 0 spiro atoms. The molecule has 3 aromatic carbocycles. The van der Waals surface area contributed by atoms with E-state index in [1.54, 1.807) is 17.4 Å². The van der Waals surface area contributed by atoms with Gasteiger partial charge in [0.05, 0.1) is 39.4 Å². The number of anilines is 1. The van der Waals surface area contributed by atoms with Crippen LogP contribution in [0.4, 0.5) is 5.69 Å². The number of nitrogens with one attached hydrogen (secondary N) is 3. The molecule has 3 aliphatic heterocycles. The van der Waals surface area contributed by atoms with Gasteiger partial charge in [0.2, 0.25) is 23.6 Å². The van der Waals surface area contributed by atoms with E-state index in [0.29, 0.717) is 24.4 Å². The van der Waals surface area contributed by atoms with E-state index in [0.717, 1.165) is 146 Å². The number of amides is 4. The topological polar surface area (TPSA) is 195 Å². The van der Waals surface area contributed by atoms with Gasteiger partial charge in [-0.1, -0.05) is 97.6 Å². The van der Waals surface area contributed by atoms with Crippen molar-refractivity contribution in [2.45, 2.75) is 162 Å². The zero-order valence-electron chi connectivity index (χ0n) is 46.8. The highest BCUT2D eigenvalue weighted by Gasteiger charge is 2.45. The number of aromatic nitrogens is 2. The van der Waals surface area contributed by atoms with Crippen LogP contribution in [0.1, 0.15) is 162 Å². The Balaban J connectivity index is 0.660. The van der Waals surface area contributed by atoms with Gasteiger partial charge in [0.1, 0.15) is 12.1 Å². The van der Waals surface area contributed by atoms with E-state index in [4.69, 9.17) is 0 Å². The van der Waals surface area contributed by atoms with Gasteiger partial charge in [0, 0.05) is 111 Å². The first-order chi connectivity index (χ1) is 37.4. The number of nitrogens with zero attached hydrogens (tertiary/aromatic N) is 6. The molecule has 15 nitrogen and oxygen atoms in total. The number of ketones is 1. The largest absolute Gasteiger partial charge is 0.391 e. The Labute approximate surface area is 464 Å². The summed E-state index contributed by atoms with van der Waals surface area (Å²) in [4.78, 5) is 85.9. The third-order valence-electron chi connectivity index (χ3n) is 17.0. The van der Waals surface area contributed by atoms with Gasteiger partial charge in [-0.3, -0.25) is 28.9 Å². The number of hydrogen-bond donors (Lipinski definition) is 4. The Bertz CT molecular complexity index is 3060. The quantitative estimate of drug-likeness (QED) is 0.0616. The number of H-pyrrole nitrogens is 1. The molecule has 0 bridgehead atoms. The minimum atomic E-state index is -0.864. The summed E-state index contributed by atoms with van der Waals surface area (Å²) in [7, 11) is 0. The van der Waals surface area contributed by atoms with Crippen LogP contribution < -0.4 is 15.5 Å². The number of piperidine rings is 1. The molecule has 3 saturated heterocycles. The molecule has 4 N–H and O–H groups in total. The van der Waals surface area contributed by atoms with Gasteiger partial charge in [-0.15, -0.1) is 11.3 Å². The highest BCUT2D eigenvalue weighted by molar-refractivity contribution is 7.13. The SMILES string of the molecule is CCc1cc2c(cc1N1CCC(N3CCN(C(=O)CCCCCCCCC(=O)NC(C(=O)N4CC(O)CC4C(=O)NCc4ccc(-c5scnc5C)cc4)C(C)(C)C)CC3)CC1)C(C)(C)c1[nH]c3cc(C#N)ccc3c1C2=O. The van der Waals surface area contributed by atoms with Crippen LogP contribution in [-0.2, 0) is 37.6 Å². The summed E-state index contributed by atoms with van der Waals surface area (Å²) >= 11 is 1.58. The number of aliphatic hydroxyl groups excluding tert-OH is 1. The monoisotopic (exact) mass is 1080 g/mol. The zero-order valence-corrected chi connectivity index (χ0v) is 47.6. The molecular weight excluding hydrogens is 999 g/mol. The van der Waals surface area contributed by atoms with Gasteiger partial charge < -0.3 is 35.4 Å². The highest BCUT2D eigenvalue weighted by atomic mass is 32.1. The number of nitriles is 1. The molecule has 3 fully saturated rings. The second-order valence-corrected chi connectivity index (χ2v) is 24.6. The molecule has 5 aromatic rings. The fourth-order valence-corrected chi connectivity index (χ4v) is 13.2. The number of carbonyl (C=O) groups is 5. The van der Waals surface area contributed by atoms with Crippen LogP contribution in [0.2, 0.25) is 0 Å². The minimum absolute atomic E-state index is 0.0262. The van der Waals surface area contributed by atoms with Crippen molar-refractivity contribution >= 4 is 57.3 Å². The maximum absolute atomic E-state index is 14.2. The lowest BCUT2D eigenvalue weighted by molar-refractivity contribution is -0.144. The molecule has 9 rings (SSSR count). The first kappa shape index (κ1) is 56.3. The van der Waals surface area contributed by atoms with E-state index >= 15 is 0 Å². The lowest BCUT2D eigenvalue weighted by atomic mass is 9.70. The van der Waals surface area contributed by atoms with Gasteiger partial charge in [0.15, 0.2) is 5.78 Å². The van der Waals surface area contributed by atoms with Gasteiger partial charge in [0.25, 0.3) is 0 Å². The maximum atomic E-state index is 14.2. The fraction of sp³-hybridized carbons (Fsp3) is 0.532. The molecule has 3 unspecified atom stereocenters. The van der Waals surface area contributed by atoms with Crippen molar-refractivity contribution in [2.24, 2.45) is 5.41 Å². The van der Waals surface area contributed by atoms with Gasteiger partial charge in [-0.05, 0) is 91.0 Å². The Morgan fingerprint density at radius 2 is 1.62 bits per heavy atom. The Hall–Kier alpha value is -6.41. The first-order valence-electron chi connectivity index (χ1n) is 28.5. The normalized spacial score (nSPS) is 19.1. The molecule has 0 saturated carbocycles. The van der Waals surface area contributed by atoms with Crippen LogP contribution in [-0.4, -0.2) is 129 Å². The van der Waals surface area contributed by atoms with E-state index in [9.17, 15) is 34.3 Å². The number of fused-ring (bicyclic) bond motifs is 4. The van der Waals surface area contributed by atoms with E-state index in [2.05, 4.69) is 69.4 Å². The van der Waals surface area contributed by atoms with E-state index in [1.165, 1.54) is 16.2 Å². The number of aryl methyl sites for hydroxylation is 2. The molecule has 414 valence electrons. The third kappa shape index (κ3) is 12.1. The summed E-state index contributed by atoms with van der Waals surface area (Å²) in [5.74, 6) is -0.634. The summed E-state index contributed by atoms with van der Waals surface area (Å²) < 4.78 is 0. The predicted molar refractivity (Wildman–Crippen MR) is 306 cm³/mol. The number of rotatable bonds is 18. The smallest absolute Gasteiger partial charge is 0.246 e. The Kier molecular flexibility index (Phi) is 17.3. The standard InChI is InChI=1S/C62H79N9O6S/c1-8-42-32-47-48(62(6,7)57-54(55(47)75)46-22-19-41(35-63)31-49(46)66-57)34-50(42)69-25-23-44(24-26-69)68-27-29-70(30-28-68)53(74)16-14-12-10-9-11-13-15-52(73)67-58(61(3,4)5)60(77)71-37-45(72)33-51(71)59(76)64-36-40-17-20-43(21-18-40)56-39(2)65-38-78-56/h17-22,31-32,34,38,44-45,51,58,66,72H,8-16,23-30,33,36-37H2,1-7H3,(H,64,76)(H,67,73). The molecule has 2 aromatic heterocycles. The number of thiazole rings is 1. The highest BCUT2D eigenvalue weighted by Crippen LogP contribution is 2.46. The number of β-amino-alcohol motifs (C(OH)–C–C–N with tert-alkyl or cyclic N) is 1. The Morgan fingerprint density at radius 1 is 0.923 bits per heavy atom. The number of carbonyl (C=O) groups excluding carboxylic acids is 5. The number of likely N-dealkylation sites (tertiary alicyclic amines) is 1. The molecule has 1 aliphatic carbocycles. The van der Waals surface area contributed by atoms with Crippen LogP contribution in [0.5, 0.6) is 0 Å². The molecule has 3 atom stereocenters.